The first-order valence-corrected chi connectivity index (χ1v) is 14.1. The first-order valence-electron chi connectivity index (χ1n) is 14.1. The fraction of sp³-hybridized carbons (Fsp3) is 0.741. The lowest BCUT2D eigenvalue weighted by Gasteiger charge is -2.12. The lowest BCUT2D eigenvalue weighted by molar-refractivity contribution is -0.131. The van der Waals surface area contributed by atoms with Crippen molar-refractivity contribution in [3.8, 4) is 0 Å². The second-order valence-corrected chi connectivity index (χ2v) is 10.3. The molecule has 3 amide bonds. The molecule has 13 nitrogen and oxygen atoms in total. The molecule has 0 aliphatic heterocycles. The lowest BCUT2D eigenvalue weighted by Crippen LogP contribution is -2.34. The normalized spacial score (nSPS) is 12.6. The second kappa shape index (κ2) is 19.8. The minimum Gasteiger partial charge on any atom is -0.379 e. The number of carbonyl (C=O) groups excluding carboxylic acids is 5. The van der Waals surface area contributed by atoms with Crippen molar-refractivity contribution in [3.63, 3.8) is 0 Å². The summed E-state index contributed by atoms with van der Waals surface area (Å²) in [7, 11) is 0. The molecule has 0 aromatic carbocycles. The number of rotatable bonds is 23. The van der Waals surface area contributed by atoms with Gasteiger partial charge in [-0.1, -0.05) is 25.5 Å². The van der Waals surface area contributed by atoms with Gasteiger partial charge in [-0.2, -0.15) is 0 Å². The number of primary amides is 1. The maximum absolute atomic E-state index is 12.0. The van der Waals surface area contributed by atoms with Gasteiger partial charge in [0, 0.05) is 44.5 Å². The topological polar surface area (TPSA) is 201 Å². The fourth-order valence-electron chi connectivity index (χ4n) is 3.94. The van der Waals surface area contributed by atoms with Crippen LogP contribution in [0.1, 0.15) is 77.8 Å². The molecule has 0 aliphatic carbocycles. The molecule has 13 heteroatoms. The molecular formula is C27H47N7O6. The number of hydrogen-bond donors (Lipinski definition) is 4. The number of aromatic nitrogens is 3. The molecule has 0 fully saturated rings. The van der Waals surface area contributed by atoms with Gasteiger partial charge in [0.1, 0.15) is 5.78 Å². The minimum absolute atomic E-state index is 0.0608. The maximum atomic E-state index is 12.0. The van der Waals surface area contributed by atoms with E-state index >= 15 is 0 Å². The van der Waals surface area contributed by atoms with Gasteiger partial charge in [-0.05, 0) is 39.0 Å². The third-order valence-electron chi connectivity index (χ3n) is 6.41. The summed E-state index contributed by atoms with van der Waals surface area (Å²) < 4.78 is 7.15. The van der Waals surface area contributed by atoms with Gasteiger partial charge in [0.05, 0.1) is 37.4 Å². The minimum atomic E-state index is -0.761. The Balaban J connectivity index is 2.07. The monoisotopic (exact) mass is 565 g/mol. The number of nitrogens with zero attached hydrogens (tertiary/aromatic N) is 3. The highest BCUT2D eigenvalue weighted by atomic mass is 16.5. The van der Waals surface area contributed by atoms with E-state index < -0.39 is 17.9 Å². The Hall–Kier alpha value is -3.19. The Kier molecular flexibility index (Phi) is 17.2. The van der Waals surface area contributed by atoms with Crippen molar-refractivity contribution in [1.82, 2.24) is 25.6 Å². The number of nitrogens with two attached hydrogens (primary N) is 2. The standard InChI is InChI=1S/C27H47N7O6/c1-19(2)26(38)23(28)9-5-7-14-31-25(37)12-16-40-17-15-34-18-21(32-33-34)10-11-24(36)30-13-6-4-8-22(20(3)35)27(29)39/h18-19,22-23H,4-17,28H2,1-3H3,(H2,29,39)(H,30,36)(H,31,37). The van der Waals surface area contributed by atoms with Gasteiger partial charge in [0.15, 0.2) is 5.78 Å². The van der Waals surface area contributed by atoms with Crippen molar-refractivity contribution in [2.75, 3.05) is 26.3 Å². The van der Waals surface area contributed by atoms with Gasteiger partial charge in [-0.25, -0.2) is 4.68 Å². The summed E-state index contributed by atoms with van der Waals surface area (Å²) in [6.07, 6.45) is 6.56. The summed E-state index contributed by atoms with van der Waals surface area (Å²) in [6, 6.07) is -0.434. The molecule has 1 aromatic heterocycles. The van der Waals surface area contributed by atoms with E-state index in [1.165, 1.54) is 6.92 Å². The van der Waals surface area contributed by atoms with Crippen LogP contribution < -0.4 is 22.1 Å². The van der Waals surface area contributed by atoms with E-state index in [1.807, 2.05) is 13.8 Å². The van der Waals surface area contributed by atoms with Crippen LogP contribution in [-0.2, 0) is 41.7 Å². The number of amides is 3. The van der Waals surface area contributed by atoms with Gasteiger partial charge in [0.2, 0.25) is 17.7 Å². The third-order valence-corrected chi connectivity index (χ3v) is 6.41. The highest BCUT2D eigenvalue weighted by molar-refractivity contribution is 5.99. The summed E-state index contributed by atoms with van der Waals surface area (Å²) >= 11 is 0. The van der Waals surface area contributed by atoms with Crippen molar-refractivity contribution >= 4 is 29.3 Å². The summed E-state index contributed by atoms with van der Waals surface area (Å²) in [5.74, 6) is -1.80. The SMILES string of the molecule is CC(=O)C(CCCCNC(=O)CCc1cn(CCOCCC(=O)NCCCCC(N)C(=O)C(C)C)nn1)C(N)=O. The van der Waals surface area contributed by atoms with E-state index in [2.05, 4.69) is 20.9 Å². The predicted molar refractivity (Wildman–Crippen MR) is 149 cm³/mol. The van der Waals surface area contributed by atoms with Crippen LogP contribution in [0.25, 0.3) is 0 Å². The zero-order valence-electron chi connectivity index (χ0n) is 24.2. The van der Waals surface area contributed by atoms with Gasteiger partial charge >= 0.3 is 0 Å². The highest BCUT2D eigenvalue weighted by Gasteiger charge is 2.19. The number of ketones is 2. The van der Waals surface area contributed by atoms with Gasteiger partial charge < -0.3 is 26.8 Å². The zero-order valence-corrected chi connectivity index (χ0v) is 24.2. The largest absolute Gasteiger partial charge is 0.379 e. The Bertz CT molecular complexity index is 936. The van der Waals surface area contributed by atoms with E-state index in [9.17, 15) is 24.0 Å². The molecule has 0 spiro atoms. The number of unbranched alkanes of at least 4 members (excludes halogenated alkanes) is 2. The zero-order chi connectivity index (χ0) is 29.9. The van der Waals surface area contributed by atoms with Crippen molar-refractivity contribution in [2.45, 2.75) is 91.1 Å². The molecule has 0 aliphatic rings. The smallest absolute Gasteiger partial charge is 0.227 e. The summed E-state index contributed by atoms with van der Waals surface area (Å²) in [5.41, 5.74) is 11.8. The Labute approximate surface area is 236 Å². The number of ether oxygens (including phenoxy) is 1. The van der Waals surface area contributed by atoms with Crippen LogP contribution in [0.3, 0.4) is 0 Å². The molecule has 2 atom stereocenters. The molecule has 40 heavy (non-hydrogen) atoms. The molecule has 0 radical (unpaired) electrons. The molecular weight excluding hydrogens is 518 g/mol. The number of hydrogen-bond acceptors (Lipinski definition) is 9. The number of aryl methyl sites for hydroxylation is 1. The molecule has 1 aromatic rings. The molecule has 0 saturated heterocycles. The first-order chi connectivity index (χ1) is 19.0. The number of carbonyl (C=O) groups is 5. The summed E-state index contributed by atoms with van der Waals surface area (Å²) in [4.78, 5) is 58.3. The molecule has 226 valence electrons. The van der Waals surface area contributed by atoms with Crippen molar-refractivity contribution in [1.29, 1.82) is 0 Å². The van der Waals surface area contributed by atoms with Gasteiger partial charge in [-0.15, -0.1) is 5.10 Å². The molecule has 2 unspecified atom stereocenters. The van der Waals surface area contributed by atoms with Crippen molar-refractivity contribution in [3.05, 3.63) is 11.9 Å². The molecule has 0 saturated carbocycles. The Morgan fingerprint density at radius 1 is 0.950 bits per heavy atom. The van der Waals surface area contributed by atoms with E-state index in [0.29, 0.717) is 70.6 Å². The van der Waals surface area contributed by atoms with E-state index in [0.717, 1.165) is 12.8 Å². The summed E-state index contributed by atoms with van der Waals surface area (Å²) in [5, 5.41) is 13.8. The highest BCUT2D eigenvalue weighted by Crippen LogP contribution is 2.09. The lowest BCUT2D eigenvalue weighted by atomic mass is 9.97. The molecule has 1 heterocycles. The maximum Gasteiger partial charge on any atom is 0.227 e. The van der Waals surface area contributed by atoms with Crippen LogP contribution in [0, 0.1) is 11.8 Å². The third kappa shape index (κ3) is 15.4. The summed E-state index contributed by atoms with van der Waals surface area (Å²) in [6.45, 7) is 7.17. The molecule has 1 rings (SSSR count). The van der Waals surface area contributed by atoms with Gasteiger partial charge in [-0.3, -0.25) is 24.0 Å². The Morgan fingerprint density at radius 3 is 2.17 bits per heavy atom. The van der Waals surface area contributed by atoms with Crippen molar-refractivity contribution < 1.29 is 28.7 Å². The quantitative estimate of drug-likeness (QED) is 0.107. The first kappa shape index (κ1) is 34.8. The van der Waals surface area contributed by atoms with Crippen LogP contribution >= 0.6 is 0 Å². The van der Waals surface area contributed by atoms with E-state index in [1.54, 1.807) is 10.9 Å². The van der Waals surface area contributed by atoms with Gasteiger partial charge in [0.25, 0.3) is 0 Å². The van der Waals surface area contributed by atoms with Crippen LogP contribution in [-0.4, -0.2) is 76.6 Å². The van der Waals surface area contributed by atoms with Crippen molar-refractivity contribution in [2.24, 2.45) is 23.3 Å². The van der Waals surface area contributed by atoms with Crippen LogP contribution in [0.4, 0.5) is 0 Å². The Morgan fingerprint density at radius 2 is 1.57 bits per heavy atom. The molecule has 6 N–H and O–H groups in total. The van der Waals surface area contributed by atoms with Crippen LogP contribution in [0.2, 0.25) is 0 Å². The van der Waals surface area contributed by atoms with E-state index in [-0.39, 0.29) is 42.1 Å². The predicted octanol–water partition coefficient (Wildman–Crippen LogP) is 0.433. The average Bonchev–Trinajstić information content (AvgIpc) is 3.35. The van der Waals surface area contributed by atoms with E-state index in [4.69, 9.17) is 16.2 Å². The van der Waals surface area contributed by atoms with Crippen LogP contribution in [0.15, 0.2) is 6.20 Å². The molecule has 0 bridgehead atoms. The fourth-order valence-corrected chi connectivity index (χ4v) is 3.94. The number of nitrogens with one attached hydrogen (secondary N) is 2. The average molecular weight is 566 g/mol. The van der Waals surface area contributed by atoms with Crippen LogP contribution in [0.5, 0.6) is 0 Å². The number of Topliss-reactive ketones (excluding diaryl/α,β-unsaturated/α-hetero) is 2. The second-order valence-electron chi connectivity index (χ2n) is 10.3.